The first-order valence-corrected chi connectivity index (χ1v) is 4.62. The molecular weight excluding hydrogens is 167 g/mol. The third-order valence-electron chi connectivity index (χ3n) is 2.04. The molecule has 0 aliphatic rings. The molecule has 0 fully saturated rings. The van der Waals surface area contributed by atoms with Crippen LogP contribution in [0.25, 0.3) is 0 Å². The van der Waals surface area contributed by atoms with Crippen molar-refractivity contribution in [3.63, 3.8) is 0 Å². The number of aliphatic hydroxyl groups excluding tert-OH is 1. The van der Waals surface area contributed by atoms with Crippen molar-refractivity contribution in [2.45, 2.75) is 32.0 Å². The highest BCUT2D eigenvalue weighted by molar-refractivity contribution is 5.18. The van der Waals surface area contributed by atoms with Gasteiger partial charge in [-0.2, -0.15) is 0 Å². The smallest absolute Gasteiger partial charge is 0.151 e. The fraction of sp³-hybridized carbons (Fsp3) is 0.455. The molecule has 13 heavy (non-hydrogen) atoms. The Kier molecular flexibility index (Phi) is 3.90. The molecule has 0 aliphatic heterocycles. The molecule has 2 unspecified atom stereocenters. The molecule has 1 aromatic rings. The molecule has 1 nitrogen and oxygen atoms in total. The molecule has 1 rings (SSSR count). The Morgan fingerprint density at radius 3 is 2.46 bits per heavy atom. The number of rotatable bonds is 4. The minimum Gasteiger partial charge on any atom is -0.390 e. The van der Waals surface area contributed by atoms with Gasteiger partial charge in [0.1, 0.15) is 0 Å². The zero-order valence-electron chi connectivity index (χ0n) is 7.78. The Hall–Kier alpha value is -0.890. The van der Waals surface area contributed by atoms with Gasteiger partial charge in [0, 0.05) is 0 Å². The van der Waals surface area contributed by atoms with Crippen LogP contribution in [-0.4, -0.2) is 11.2 Å². The average Bonchev–Trinajstić information content (AvgIpc) is 2.18. The van der Waals surface area contributed by atoms with E-state index in [-0.39, 0.29) is 0 Å². The summed E-state index contributed by atoms with van der Waals surface area (Å²) in [5.41, 5.74) is 0.559. The molecule has 1 N–H and O–H groups in total. The number of hydrogen-bond donors (Lipinski definition) is 1. The van der Waals surface area contributed by atoms with Crippen LogP contribution in [-0.2, 0) is 0 Å². The Morgan fingerprint density at radius 2 is 1.92 bits per heavy atom. The van der Waals surface area contributed by atoms with Gasteiger partial charge >= 0.3 is 0 Å². The maximum atomic E-state index is 13.5. The summed E-state index contributed by atoms with van der Waals surface area (Å²) >= 11 is 0. The summed E-state index contributed by atoms with van der Waals surface area (Å²) in [5.74, 6) is 0. The summed E-state index contributed by atoms with van der Waals surface area (Å²) in [6.07, 6.45) is -0.807. The molecule has 0 amide bonds. The topological polar surface area (TPSA) is 20.2 Å². The van der Waals surface area contributed by atoms with E-state index in [4.69, 9.17) is 0 Å². The summed E-state index contributed by atoms with van der Waals surface area (Å²) in [7, 11) is 0. The van der Waals surface area contributed by atoms with E-state index in [2.05, 4.69) is 0 Å². The van der Waals surface area contributed by atoms with Crippen molar-refractivity contribution in [2.75, 3.05) is 0 Å². The molecule has 72 valence electrons. The minimum atomic E-state index is -1.25. The third-order valence-corrected chi connectivity index (χ3v) is 2.04. The summed E-state index contributed by atoms with van der Waals surface area (Å²) in [6, 6.07) is 8.79. The van der Waals surface area contributed by atoms with Gasteiger partial charge in [0.25, 0.3) is 0 Å². The Bertz CT molecular complexity index is 235. The van der Waals surface area contributed by atoms with Crippen molar-refractivity contribution in [2.24, 2.45) is 0 Å². The SMILES string of the molecule is CCCC(O)C(F)c1ccccc1. The lowest BCUT2D eigenvalue weighted by atomic mass is 10.0. The number of aliphatic hydroxyl groups is 1. The quantitative estimate of drug-likeness (QED) is 0.759. The van der Waals surface area contributed by atoms with Gasteiger partial charge in [0.05, 0.1) is 6.10 Å². The third kappa shape index (κ3) is 2.81. The van der Waals surface area contributed by atoms with Crippen LogP contribution in [0.5, 0.6) is 0 Å². The average molecular weight is 182 g/mol. The Balaban J connectivity index is 2.62. The summed E-state index contributed by atoms with van der Waals surface area (Å²) in [5, 5.41) is 9.40. The van der Waals surface area contributed by atoms with Crippen molar-refractivity contribution in [3.8, 4) is 0 Å². The Labute approximate surface area is 78.2 Å². The highest BCUT2D eigenvalue weighted by atomic mass is 19.1. The van der Waals surface area contributed by atoms with Gasteiger partial charge in [0.2, 0.25) is 0 Å². The molecule has 0 aliphatic carbocycles. The molecule has 0 heterocycles. The van der Waals surface area contributed by atoms with E-state index in [0.29, 0.717) is 12.0 Å². The van der Waals surface area contributed by atoms with E-state index in [1.54, 1.807) is 24.3 Å². The number of halogens is 1. The van der Waals surface area contributed by atoms with E-state index in [0.717, 1.165) is 6.42 Å². The van der Waals surface area contributed by atoms with Crippen LogP contribution >= 0.6 is 0 Å². The molecule has 0 saturated heterocycles. The zero-order chi connectivity index (χ0) is 9.68. The van der Waals surface area contributed by atoms with Crippen LogP contribution in [0.15, 0.2) is 30.3 Å². The van der Waals surface area contributed by atoms with Crippen molar-refractivity contribution in [3.05, 3.63) is 35.9 Å². The first kappa shape index (κ1) is 10.2. The van der Waals surface area contributed by atoms with Crippen LogP contribution in [0.1, 0.15) is 31.5 Å². The normalized spacial score (nSPS) is 15.3. The van der Waals surface area contributed by atoms with Gasteiger partial charge in [-0.3, -0.25) is 0 Å². The predicted octanol–water partition coefficient (Wildman–Crippen LogP) is 2.86. The standard InChI is InChI=1S/C11H15FO/c1-2-6-10(13)11(12)9-7-4-3-5-8-9/h3-5,7-8,10-11,13H,2,6H2,1H3. The van der Waals surface area contributed by atoms with Crippen molar-refractivity contribution in [1.82, 2.24) is 0 Å². The fourth-order valence-electron chi connectivity index (χ4n) is 1.30. The second-order valence-electron chi connectivity index (χ2n) is 3.17. The first-order valence-electron chi connectivity index (χ1n) is 4.62. The molecule has 0 spiro atoms. The summed E-state index contributed by atoms with van der Waals surface area (Å²) in [6.45, 7) is 1.93. The molecule has 0 aromatic heterocycles. The van der Waals surface area contributed by atoms with E-state index in [1.807, 2.05) is 13.0 Å². The Morgan fingerprint density at radius 1 is 1.31 bits per heavy atom. The van der Waals surface area contributed by atoms with Gasteiger partial charge in [-0.05, 0) is 12.0 Å². The lowest BCUT2D eigenvalue weighted by Gasteiger charge is -2.14. The second-order valence-corrected chi connectivity index (χ2v) is 3.17. The van der Waals surface area contributed by atoms with Gasteiger partial charge in [-0.15, -0.1) is 0 Å². The van der Waals surface area contributed by atoms with Crippen LogP contribution in [0.4, 0.5) is 4.39 Å². The summed E-state index contributed by atoms with van der Waals surface area (Å²) < 4.78 is 13.5. The molecule has 0 radical (unpaired) electrons. The maximum Gasteiger partial charge on any atom is 0.151 e. The van der Waals surface area contributed by atoms with Crippen molar-refractivity contribution in [1.29, 1.82) is 0 Å². The molecule has 0 bridgehead atoms. The summed E-state index contributed by atoms with van der Waals surface area (Å²) in [4.78, 5) is 0. The fourth-order valence-corrected chi connectivity index (χ4v) is 1.30. The van der Waals surface area contributed by atoms with Crippen LogP contribution in [0.2, 0.25) is 0 Å². The zero-order valence-corrected chi connectivity index (χ0v) is 7.78. The van der Waals surface area contributed by atoms with Gasteiger partial charge < -0.3 is 5.11 Å². The minimum absolute atomic E-state index is 0.510. The van der Waals surface area contributed by atoms with Gasteiger partial charge in [-0.1, -0.05) is 43.7 Å². The lowest BCUT2D eigenvalue weighted by Crippen LogP contribution is -2.14. The largest absolute Gasteiger partial charge is 0.390 e. The van der Waals surface area contributed by atoms with Gasteiger partial charge in [-0.25, -0.2) is 4.39 Å². The highest BCUT2D eigenvalue weighted by Gasteiger charge is 2.18. The van der Waals surface area contributed by atoms with E-state index < -0.39 is 12.3 Å². The molecule has 2 heteroatoms. The molecule has 0 saturated carbocycles. The molecule has 2 atom stereocenters. The van der Waals surface area contributed by atoms with Gasteiger partial charge in [0.15, 0.2) is 6.17 Å². The number of alkyl halides is 1. The number of benzene rings is 1. The van der Waals surface area contributed by atoms with Crippen molar-refractivity contribution >= 4 is 0 Å². The van der Waals surface area contributed by atoms with E-state index >= 15 is 0 Å². The van der Waals surface area contributed by atoms with Crippen LogP contribution < -0.4 is 0 Å². The first-order chi connectivity index (χ1) is 6.25. The van der Waals surface area contributed by atoms with Crippen molar-refractivity contribution < 1.29 is 9.50 Å². The molecule has 1 aromatic carbocycles. The van der Waals surface area contributed by atoms with E-state index in [9.17, 15) is 9.50 Å². The van der Waals surface area contributed by atoms with Crippen LogP contribution in [0.3, 0.4) is 0 Å². The van der Waals surface area contributed by atoms with E-state index in [1.165, 1.54) is 0 Å². The maximum absolute atomic E-state index is 13.5. The predicted molar refractivity (Wildman–Crippen MR) is 51.2 cm³/mol. The highest BCUT2D eigenvalue weighted by Crippen LogP contribution is 2.23. The monoisotopic (exact) mass is 182 g/mol. The molecular formula is C11H15FO. The second kappa shape index (κ2) is 4.97. The van der Waals surface area contributed by atoms with Crippen LogP contribution in [0, 0.1) is 0 Å². The lowest BCUT2D eigenvalue weighted by molar-refractivity contribution is 0.0698. The number of hydrogen-bond acceptors (Lipinski definition) is 1.